The van der Waals surface area contributed by atoms with Crippen molar-refractivity contribution in [3.63, 3.8) is 0 Å². The number of hydrogen-bond acceptors (Lipinski definition) is 2. The van der Waals surface area contributed by atoms with Crippen molar-refractivity contribution in [1.82, 2.24) is 5.32 Å². The highest BCUT2D eigenvalue weighted by atomic mass is 16.1. The molecule has 0 aliphatic heterocycles. The Morgan fingerprint density at radius 2 is 1.76 bits per heavy atom. The van der Waals surface area contributed by atoms with Gasteiger partial charge in [0.1, 0.15) is 0 Å². The number of benzene rings is 1. The van der Waals surface area contributed by atoms with Gasteiger partial charge in [0.15, 0.2) is 5.78 Å². The van der Waals surface area contributed by atoms with Gasteiger partial charge in [-0.2, -0.15) is 0 Å². The number of Topliss-reactive ketones (excluding diaryl/α,β-unsaturated/α-hetero) is 1. The SMILES string of the molecule is CC(C)NC1=C(C(=O)C(C)C)C(C)(C)c2ccccc2C1. The van der Waals surface area contributed by atoms with Gasteiger partial charge in [0.05, 0.1) is 0 Å². The summed E-state index contributed by atoms with van der Waals surface area (Å²) < 4.78 is 0. The number of ketones is 1. The van der Waals surface area contributed by atoms with Gasteiger partial charge >= 0.3 is 0 Å². The zero-order valence-corrected chi connectivity index (χ0v) is 14.1. The van der Waals surface area contributed by atoms with Gasteiger partial charge in [-0.3, -0.25) is 4.79 Å². The van der Waals surface area contributed by atoms with Crippen LogP contribution in [0.15, 0.2) is 35.5 Å². The third-order valence-corrected chi connectivity index (χ3v) is 4.22. The molecule has 0 unspecified atom stereocenters. The highest BCUT2D eigenvalue weighted by Gasteiger charge is 2.38. The molecule has 0 aromatic heterocycles. The Kier molecular flexibility index (Phi) is 4.27. The summed E-state index contributed by atoms with van der Waals surface area (Å²) in [7, 11) is 0. The summed E-state index contributed by atoms with van der Waals surface area (Å²) in [5, 5.41) is 3.52. The minimum atomic E-state index is -0.243. The van der Waals surface area contributed by atoms with Gasteiger partial charge in [-0.1, -0.05) is 52.0 Å². The van der Waals surface area contributed by atoms with Crippen molar-refractivity contribution in [2.45, 2.75) is 59.4 Å². The maximum atomic E-state index is 12.8. The molecule has 2 nitrogen and oxygen atoms in total. The Balaban J connectivity index is 2.61. The number of rotatable bonds is 4. The Labute approximate surface area is 128 Å². The lowest BCUT2D eigenvalue weighted by atomic mass is 9.67. The van der Waals surface area contributed by atoms with E-state index >= 15 is 0 Å². The predicted octanol–water partition coefficient (Wildman–Crippen LogP) is 4.00. The minimum absolute atomic E-state index is 0.0218. The average Bonchev–Trinajstić information content (AvgIpc) is 2.37. The van der Waals surface area contributed by atoms with Crippen LogP contribution in [0, 0.1) is 5.92 Å². The van der Waals surface area contributed by atoms with Crippen LogP contribution in [0.4, 0.5) is 0 Å². The molecule has 2 heteroatoms. The van der Waals surface area contributed by atoms with Crippen molar-refractivity contribution >= 4 is 5.78 Å². The smallest absolute Gasteiger partial charge is 0.164 e. The molecule has 0 saturated carbocycles. The second kappa shape index (κ2) is 5.67. The fraction of sp³-hybridized carbons (Fsp3) is 0.526. The summed E-state index contributed by atoms with van der Waals surface area (Å²) >= 11 is 0. The Morgan fingerprint density at radius 1 is 1.14 bits per heavy atom. The molecule has 1 aliphatic rings. The van der Waals surface area contributed by atoms with Gasteiger partial charge in [0.2, 0.25) is 0 Å². The molecule has 0 heterocycles. The van der Waals surface area contributed by atoms with E-state index in [1.807, 2.05) is 13.8 Å². The van der Waals surface area contributed by atoms with Crippen molar-refractivity contribution < 1.29 is 4.79 Å². The maximum absolute atomic E-state index is 12.8. The monoisotopic (exact) mass is 285 g/mol. The van der Waals surface area contributed by atoms with E-state index in [2.05, 4.69) is 57.3 Å². The van der Waals surface area contributed by atoms with Crippen molar-refractivity contribution in [2.75, 3.05) is 0 Å². The van der Waals surface area contributed by atoms with E-state index in [1.54, 1.807) is 0 Å². The first-order chi connectivity index (χ1) is 9.75. The van der Waals surface area contributed by atoms with Crippen LogP contribution < -0.4 is 5.32 Å². The first-order valence-electron chi connectivity index (χ1n) is 7.88. The van der Waals surface area contributed by atoms with Crippen LogP contribution in [0.3, 0.4) is 0 Å². The topological polar surface area (TPSA) is 29.1 Å². The number of allylic oxidation sites excluding steroid dienone is 2. The van der Waals surface area contributed by atoms with Crippen molar-refractivity contribution in [2.24, 2.45) is 5.92 Å². The molecule has 21 heavy (non-hydrogen) atoms. The summed E-state index contributed by atoms with van der Waals surface area (Å²) in [6.07, 6.45) is 0.825. The van der Waals surface area contributed by atoms with Crippen molar-refractivity contribution in [3.8, 4) is 0 Å². The molecule has 0 fully saturated rings. The first-order valence-corrected chi connectivity index (χ1v) is 7.88. The molecule has 114 valence electrons. The zero-order chi connectivity index (χ0) is 15.8. The Bertz CT molecular complexity index is 579. The summed E-state index contributed by atoms with van der Waals surface area (Å²) in [5.74, 6) is 0.283. The fourth-order valence-corrected chi connectivity index (χ4v) is 3.29. The van der Waals surface area contributed by atoms with Gasteiger partial charge in [-0.05, 0) is 25.0 Å². The standard InChI is InChI=1S/C19H27NO/c1-12(2)18(21)17-16(20-13(3)4)11-14-9-7-8-10-15(14)19(17,5)6/h7-10,12-13,20H,11H2,1-6H3. The van der Waals surface area contributed by atoms with Crippen LogP contribution in [0.1, 0.15) is 52.7 Å². The van der Waals surface area contributed by atoms with E-state index in [0.29, 0.717) is 6.04 Å². The van der Waals surface area contributed by atoms with E-state index in [9.17, 15) is 4.79 Å². The molecule has 0 bridgehead atoms. The molecule has 0 amide bonds. The van der Waals surface area contributed by atoms with Gasteiger partial charge < -0.3 is 5.32 Å². The van der Waals surface area contributed by atoms with Gasteiger partial charge in [0.25, 0.3) is 0 Å². The van der Waals surface area contributed by atoms with Crippen LogP contribution in [-0.4, -0.2) is 11.8 Å². The van der Waals surface area contributed by atoms with Crippen LogP contribution in [0.25, 0.3) is 0 Å². The molecule has 1 aromatic carbocycles. The summed E-state index contributed by atoms with van der Waals surface area (Å²) in [6.45, 7) is 12.6. The minimum Gasteiger partial charge on any atom is -0.386 e. The highest BCUT2D eigenvalue weighted by Crippen LogP contribution is 2.41. The first kappa shape index (κ1) is 15.8. The molecule has 0 saturated heterocycles. The second-order valence-electron chi connectivity index (χ2n) is 7.13. The normalized spacial score (nSPS) is 17.1. The number of hydrogen-bond donors (Lipinski definition) is 1. The summed E-state index contributed by atoms with van der Waals surface area (Å²) in [6, 6.07) is 8.82. The lowest BCUT2D eigenvalue weighted by Crippen LogP contribution is -2.39. The molecule has 0 spiro atoms. The molecule has 1 aromatic rings. The van der Waals surface area contributed by atoms with Crippen LogP contribution in [0.2, 0.25) is 0 Å². The largest absolute Gasteiger partial charge is 0.386 e. The number of nitrogens with one attached hydrogen (secondary N) is 1. The van der Waals surface area contributed by atoms with Crippen LogP contribution >= 0.6 is 0 Å². The van der Waals surface area contributed by atoms with E-state index < -0.39 is 0 Å². The van der Waals surface area contributed by atoms with E-state index in [1.165, 1.54) is 11.1 Å². The number of carbonyl (C=O) groups is 1. The number of fused-ring (bicyclic) bond motifs is 1. The van der Waals surface area contributed by atoms with Crippen LogP contribution in [0.5, 0.6) is 0 Å². The van der Waals surface area contributed by atoms with Gasteiger partial charge in [-0.25, -0.2) is 0 Å². The number of carbonyl (C=O) groups excluding carboxylic acids is 1. The second-order valence-corrected chi connectivity index (χ2v) is 7.13. The Morgan fingerprint density at radius 3 is 2.33 bits per heavy atom. The highest BCUT2D eigenvalue weighted by molar-refractivity contribution is 6.00. The molecule has 1 aliphatic carbocycles. The lowest BCUT2D eigenvalue weighted by molar-refractivity contribution is -0.119. The molecular weight excluding hydrogens is 258 g/mol. The fourth-order valence-electron chi connectivity index (χ4n) is 3.29. The molecule has 1 N–H and O–H groups in total. The molecule has 2 rings (SSSR count). The predicted molar refractivity (Wildman–Crippen MR) is 88.3 cm³/mol. The van der Waals surface area contributed by atoms with Crippen molar-refractivity contribution in [1.29, 1.82) is 0 Å². The molecule has 0 atom stereocenters. The molecular formula is C19H27NO. The van der Waals surface area contributed by atoms with E-state index in [4.69, 9.17) is 0 Å². The third kappa shape index (κ3) is 2.90. The summed E-state index contributed by atoms with van der Waals surface area (Å²) in [5.41, 5.74) is 4.43. The van der Waals surface area contributed by atoms with Gasteiger partial charge in [0, 0.05) is 35.1 Å². The summed E-state index contributed by atoms with van der Waals surface area (Å²) in [4.78, 5) is 12.8. The van der Waals surface area contributed by atoms with E-state index in [0.717, 1.165) is 17.7 Å². The quantitative estimate of drug-likeness (QED) is 0.906. The lowest BCUT2D eigenvalue weighted by Gasteiger charge is -2.38. The zero-order valence-electron chi connectivity index (χ0n) is 14.1. The molecule has 0 radical (unpaired) electrons. The van der Waals surface area contributed by atoms with Crippen LogP contribution in [-0.2, 0) is 16.6 Å². The Hall–Kier alpha value is -1.57. The van der Waals surface area contributed by atoms with Gasteiger partial charge in [-0.15, -0.1) is 0 Å². The maximum Gasteiger partial charge on any atom is 0.164 e. The van der Waals surface area contributed by atoms with E-state index in [-0.39, 0.29) is 17.1 Å². The average molecular weight is 285 g/mol. The third-order valence-electron chi connectivity index (χ3n) is 4.22. The van der Waals surface area contributed by atoms with Crippen molar-refractivity contribution in [3.05, 3.63) is 46.7 Å².